The third-order valence-electron chi connectivity index (χ3n) is 6.54. The molecule has 0 saturated carbocycles. The van der Waals surface area contributed by atoms with E-state index in [1.54, 1.807) is 0 Å². The molecule has 4 rings (SSSR count). The van der Waals surface area contributed by atoms with Crippen LogP contribution in [0.25, 0.3) is 0 Å². The third kappa shape index (κ3) is 10.2. The molecule has 0 atom stereocenters. The van der Waals surface area contributed by atoms with E-state index in [0.29, 0.717) is 11.5 Å². The van der Waals surface area contributed by atoms with Crippen LogP contribution in [-0.2, 0) is 9.59 Å². The number of hydrazone groups is 2. The second kappa shape index (κ2) is 17.1. The zero-order chi connectivity index (χ0) is 36.9. The van der Waals surface area contributed by atoms with Gasteiger partial charge in [0.2, 0.25) is 23.3 Å². The Morgan fingerprint density at radius 2 is 1.00 bits per heavy atom. The van der Waals surface area contributed by atoms with Crippen LogP contribution in [0.3, 0.4) is 0 Å². The summed E-state index contributed by atoms with van der Waals surface area (Å²) >= 11 is 0. The van der Waals surface area contributed by atoms with Crippen molar-refractivity contribution in [3.05, 3.63) is 127 Å². The summed E-state index contributed by atoms with van der Waals surface area (Å²) in [7, 11) is 2.91. The lowest BCUT2D eigenvalue weighted by Gasteiger charge is -2.07. The average molecular weight is 699 g/mol. The van der Waals surface area contributed by atoms with E-state index in [0.717, 1.165) is 24.6 Å². The molecule has 0 heterocycles. The van der Waals surface area contributed by atoms with Gasteiger partial charge in [-0.1, -0.05) is 0 Å². The van der Waals surface area contributed by atoms with Crippen LogP contribution in [0.4, 0.5) is 11.4 Å². The molecule has 0 saturated heterocycles. The smallest absolute Gasteiger partial charge is 0.343 e. The maximum atomic E-state index is 12.4. The molecule has 260 valence electrons. The van der Waals surface area contributed by atoms with E-state index in [2.05, 4.69) is 21.1 Å². The lowest BCUT2D eigenvalue weighted by atomic mass is 10.2. The largest absolute Gasteiger partial charge is 0.497 e. The summed E-state index contributed by atoms with van der Waals surface area (Å²) in [4.78, 5) is 70.9. The molecular weight excluding hydrogens is 672 g/mol. The number of benzene rings is 4. The monoisotopic (exact) mass is 698 g/mol. The van der Waals surface area contributed by atoms with Crippen LogP contribution in [0, 0.1) is 20.2 Å². The number of carbonyl (C=O) groups excluding carboxylic acids is 4. The summed E-state index contributed by atoms with van der Waals surface area (Å²) in [6.45, 7) is 0. The van der Waals surface area contributed by atoms with Gasteiger partial charge in [-0.15, -0.1) is 0 Å². The van der Waals surface area contributed by atoms with Gasteiger partial charge in [-0.25, -0.2) is 20.4 Å². The Morgan fingerprint density at radius 1 is 0.627 bits per heavy atom. The highest BCUT2D eigenvalue weighted by molar-refractivity contribution is 5.98. The van der Waals surface area contributed by atoms with Crippen molar-refractivity contribution in [3.8, 4) is 23.0 Å². The Bertz CT molecular complexity index is 1880. The Morgan fingerprint density at radius 3 is 1.33 bits per heavy atom. The Kier molecular flexibility index (Phi) is 12.2. The number of ether oxygens (including phenoxy) is 4. The fraction of sp³-hybridized carbons (Fsp3) is 0.0909. The lowest BCUT2D eigenvalue weighted by molar-refractivity contribution is -0.385. The topological polar surface area (TPSA) is 240 Å². The molecule has 4 aromatic rings. The molecule has 0 aliphatic heterocycles. The maximum absolute atomic E-state index is 12.4. The highest BCUT2D eigenvalue weighted by Crippen LogP contribution is 2.30. The van der Waals surface area contributed by atoms with Crippen molar-refractivity contribution in [3.63, 3.8) is 0 Å². The molecule has 0 bridgehead atoms. The lowest BCUT2D eigenvalue weighted by Crippen LogP contribution is -2.27. The molecule has 18 nitrogen and oxygen atoms in total. The van der Waals surface area contributed by atoms with Crippen molar-refractivity contribution in [2.75, 3.05) is 14.2 Å². The first-order chi connectivity index (χ1) is 24.5. The van der Waals surface area contributed by atoms with E-state index in [4.69, 9.17) is 18.9 Å². The number of nitro benzene ring substituents is 2. The predicted molar refractivity (Wildman–Crippen MR) is 178 cm³/mol. The number of rotatable bonds is 14. The molecule has 2 amide bonds. The molecule has 0 fully saturated rings. The summed E-state index contributed by atoms with van der Waals surface area (Å²) < 4.78 is 20.4. The van der Waals surface area contributed by atoms with Crippen LogP contribution in [0.15, 0.2) is 95.1 Å². The van der Waals surface area contributed by atoms with Gasteiger partial charge in [0.1, 0.15) is 17.9 Å². The molecule has 18 heteroatoms. The fourth-order valence-electron chi connectivity index (χ4n) is 4.04. The summed E-state index contributed by atoms with van der Waals surface area (Å²) in [5.74, 6) is -3.03. The molecule has 0 spiro atoms. The van der Waals surface area contributed by atoms with Crippen molar-refractivity contribution in [2.45, 2.75) is 6.42 Å². The van der Waals surface area contributed by atoms with E-state index in [1.165, 1.54) is 87.0 Å². The van der Waals surface area contributed by atoms with Gasteiger partial charge < -0.3 is 18.9 Å². The zero-order valence-corrected chi connectivity index (χ0v) is 26.6. The minimum Gasteiger partial charge on any atom is -0.497 e. The number of nitro groups is 2. The minimum atomic E-state index is -0.864. The molecule has 2 N–H and O–H groups in total. The van der Waals surface area contributed by atoms with Crippen LogP contribution in [-0.4, -0.2) is 60.2 Å². The van der Waals surface area contributed by atoms with E-state index in [-0.39, 0.29) is 33.8 Å². The Hall–Kier alpha value is -7.50. The summed E-state index contributed by atoms with van der Waals surface area (Å²) in [6.07, 6.45) is 1.41. The van der Waals surface area contributed by atoms with Gasteiger partial charge in [-0.2, -0.15) is 10.2 Å². The van der Waals surface area contributed by atoms with Crippen molar-refractivity contribution < 1.29 is 48.0 Å². The number of nitrogens with zero attached hydrogens (tertiary/aromatic N) is 4. The third-order valence-corrected chi connectivity index (χ3v) is 6.54. The van der Waals surface area contributed by atoms with E-state index in [1.807, 2.05) is 0 Å². The van der Waals surface area contributed by atoms with Crippen LogP contribution >= 0.6 is 0 Å². The molecule has 51 heavy (non-hydrogen) atoms. The number of esters is 2. The number of hydrogen-bond acceptors (Lipinski definition) is 14. The van der Waals surface area contributed by atoms with E-state index in [9.17, 15) is 39.4 Å². The number of methoxy groups -OCH3 is 2. The van der Waals surface area contributed by atoms with Gasteiger partial charge in [-0.3, -0.25) is 29.8 Å². The highest BCUT2D eigenvalue weighted by atomic mass is 16.6. The van der Waals surface area contributed by atoms with Gasteiger partial charge in [-0.05, 0) is 72.8 Å². The van der Waals surface area contributed by atoms with Gasteiger partial charge in [0.15, 0.2) is 0 Å². The van der Waals surface area contributed by atoms with Gasteiger partial charge >= 0.3 is 23.3 Å². The molecule has 0 aliphatic carbocycles. The second-order valence-corrected chi connectivity index (χ2v) is 9.97. The second-order valence-electron chi connectivity index (χ2n) is 9.97. The quantitative estimate of drug-likeness (QED) is 0.0475. The van der Waals surface area contributed by atoms with Gasteiger partial charge in [0, 0.05) is 23.3 Å². The van der Waals surface area contributed by atoms with Crippen molar-refractivity contribution >= 4 is 47.6 Å². The Balaban J connectivity index is 1.29. The number of nitrogens with one attached hydrogen (secondary N) is 2. The van der Waals surface area contributed by atoms with Crippen molar-refractivity contribution in [1.29, 1.82) is 0 Å². The van der Waals surface area contributed by atoms with Crippen LogP contribution in [0.5, 0.6) is 23.0 Å². The molecule has 0 radical (unpaired) electrons. The van der Waals surface area contributed by atoms with Crippen molar-refractivity contribution in [2.24, 2.45) is 10.2 Å². The Labute approximate surface area is 287 Å². The first-order valence-corrected chi connectivity index (χ1v) is 14.4. The van der Waals surface area contributed by atoms with Gasteiger partial charge in [0.05, 0.1) is 47.6 Å². The predicted octanol–water partition coefficient (Wildman–Crippen LogP) is 3.95. The van der Waals surface area contributed by atoms with Crippen LogP contribution in [0.2, 0.25) is 0 Å². The molecule has 0 aliphatic rings. The van der Waals surface area contributed by atoms with Crippen molar-refractivity contribution in [1.82, 2.24) is 10.9 Å². The summed E-state index contributed by atoms with van der Waals surface area (Å²) in [5, 5.41) is 30.5. The van der Waals surface area contributed by atoms with Crippen LogP contribution in [0.1, 0.15) is 38.3 Å². The molecule has 0 unspecified atom stereocenters. The number of hydrogen-bond donors (Lipinski definition) is 2. The first kappa shape index (κ1) is 36.3. The first-order valence-electron chi connectivity index (χ1n) is 14.4. The fourth-order valence-corrected chi connectivity index (χ4v) is 4.04. The summed E-state index contributed by atoms with van der Waals surface area (Å²) in [5.41, 5.74) is 3.68. The summed E-state index contributed by atoms with van der Waals surface area (Å²) in [6, 6.07) is 19.0. The molecule has 4 aromatic carbocycles. The zero-order valence-electron chi connectivity index (χ0n) is 26.6. The standard InChI is InChI=1S/C33H26N6O12/c1-48-24-9-5-22(6-10-24)32(42)50-28-13-3-20(15-26(28)38(44)45)18-34-36-30(40)17-31(41)37-35-19-21-4-14-29(27(16-21)39(46)47)51-33(43)23-7-11-25(49-2)12-8-23/h3-16,18-19H,17H2,1-2H3,(H,36,40)(H,37,41). The van der Waals surface area contributed by atoms with E-state index >= 15 is 0 Å². The number of carbonyl (C=O) groups is 4. The normalized spacial score (nSPS) is 10.7. The molecule has 0 aromatic heterocycles. The van der Waals surface area contributed by atoms with E-state index < -0.39 is 51.4 Å². The SMILES string of the molecule is COc1ccc(C(=O)Oc2ccc(C=NNC(=O)CC(=O)NN=Cc3ccc(OC(=O)c4ccc(OC)cc4)c([N+](=O)[O-])c3)cc2[N+](=O)[O-])cc1. The highest BCUT2D eigenvalue weighted by Gasteiger charge is 2.21. The number of amides is 2. The molecular formula is C33H26N6O12. The minimum absolute atomic E-state index is 0.136. The average Bonchev–Trinajstić information content (AvgIpc) is 3.12. The van der Waals surface area contributed by atoms with Crippen LogP contribution < -0.4 is 29.8 Å². The maximum Gasteiger partial charge on any atom is 0.343 e. The van der Waals surface area contributed by atoms with Gasteiger partial charge in [0.25, 0.3) is 0 Å².